The van der Waals surface area contributed by atoms with E-state index >= 15 is 0 Å². The molecule has 1 aliphatic rings. The van der Waals surface area contributed by atoms with Gasteiger partial charge in [0.05, 0.1) is 13.2 Å². The molecule has 124 valence electrons. The molecule has 0 atom stereocenters. The summed E-state index contributed by atoms with van der Waals surface area (Å²) in [4.78, 5) is 25.6. The van der Waals surface area contributed by atoms with Crippen LogP contribution in [-0.2, 0) is 14.3 Å². The Kier molecular flexibility index (Phi) is 5.08. The molecule has 1 saturated heterocycles. The van der Waals surface area contributed by atoms with Gasteiger partial charge < -0.3 is 20.3 Å². The van der Waals surface area contributed by atoms with Crippen LogP contribution in [0.15, 0.2) is 54.6 Å². The van der Waals surface area contributed by atoms with Crippen molar-refractivity contribution in [1.29, 1.82) is 0 Å². The first kappa shape index (κ1) is 16.0. The van der Waals surface area contributed by atoms with Crippen LogP contribution in [0, 0.1) is 0 Å². The predicted molar refractivity (Wildman–Crippen MR) is 92.2 cm³/mol. The van der Waals surface area contributed by atoms with E-state index in [1.165, 1.54) is 4.90 Å². The molecule has 2 N–H and O–H groups in total. The molecular formula is C18H19N3O3. The average Bonchev–Trinajstić information content (AvgIpc) is 2.64. The van der Waals surface area contributed by atoms with Crippen molar-refractivity contribution in [1.82, 2.24) is 4.90 Å². The molecule has 0 saturated carbocycles. The molecule has 2 amide bonds. The van der Waals surface area contributed by atoms with E-state index in [-0.39, 0.29) is 0 Å². The fourth-order valence-corrected chi connectivity index (χ4v) is 2.42. The third-order valence-electron chi connectivity index (χ3n) is 3.70. The maximum Gasteiger partial charge on any atom is 0.313 e. The van der Waals surface area contributed by atoms with E-state index in [0.29, 0.717) is 32.0 Å². The topological polar surface area (TPSA) is 70.7 Å². The number of hydrogen-bond donors (Lipinski definition) is 2. The lowest BCUT2D eigenvalue weighted by Crippen LogP contribution is -2.45. The van der Waals surface area contributed by atoms with Crippen LogP contribution < -0.4 is 10.6 Å². The summed E-state index contributed by atoms with van der Waals surface area (Å²) in [5, 5.41) is 5.89. The number of hydrogen-bond acceptors (Lipinski definition) is 4. The van der Waals surface area contributed by atoms with Crippen LogP contribution >= 0.6 is 0 Å². The van der Waals surface area contributed by atoms with Gasteiger partial charge in [-0.2, -0.15) is 0 Å². The van der Waals surface area contributed by atoms with Crippen LogP contribution in [0.2, 0.25) is 0 Å². The number of morpholine rings is 1. The SMILES string of the molecule is O=C(Nc1ccc(Nc2ccccc2)cc1)C(=O)N1CCOCC1. The van der Waals surface area contributed by atoms with E-state index in [9.17, 15) is 9.59 Å². The van der Waals surface area contributed by atoms with Crippen molar-refractivity contribution in [2.45, 2.75) is 0 Å². The molecule has 0 spiro atoms. The quantitative estimate of drug-likeness (QED) is 0.849. The second-order valence-corrected chi connectivity index (χ2v) is 5.43. The smallest absolute Gasteiger partial charge is 0.313 e. The van der Waals surface area contributed by atoms with Gasteiger partial charge in [-0.3, -0.25) is 9.59 Å². The maximum atomic E-state index is 12.1. The average molecular weight is 325 g/mol. The third-order valence-corrected chi connectivity index (χ3v) is 3.70. The lowest BCUT2D eigenvalue weighted by Gasteiger charge is -2.26. The van der Waals surface area contributed by atoms with Gasteiger partial charge in [-0.25, -0.2) is 0 Å². The van der Waals surface area contributed by atoms with Crippen LogP contribution in [0.3, 0.4) is 0 Å². The van der Waals surface area contributed by atoms with Gasteiger partial charge >= 0.3 is 11.8 Å². The minimum Gasteiger partial charge on any atom is -0.378 e. The van der Waals surface area contributed by atoms with E-state index in [2.05, 4.69) is 10.6 Å². The van der Waals surface area contributed by atoms with Crippen molar-refractivity contribution in [3.63, 3.8) is 0 Å². The number of nitrogens with one attached hydrogen (secondary N) is 2. The molecule has 1 heterocycles. The number of para-hydroxylation sites is 1. The Hall–Kier alpha value is -2.86. The number of ether oxygens (including phenoxy) is 1. The molecule has 2 aromatic carbocycles. The van der Waals surface area contributed by atoms with Gasteiger partial charge in [-0.1, -0.05) is 18.2 Å². The fraction of sp³-hybridized carbons (Fsp3) is 0.222. The van der Waals surface area contributed by atoms with Gasteiger partial charge in [-0.15, -0.1) is 0 Å². The highest BCUT2D eigenvalue weighted by Gasteiger charge is 2.23. The van der Waals surface area contributed by atoms with Gasteiger partial charge in [0.25, 0.3) is 0 Å². The molecule has 3 rings (SSSR count). The molecule has 1 aliphatic heterocycles. The number of amides is 2. The van der Waals surface area contributed by atoms with Crippen molar-refractivity contribution >= 4 is 28.9 Å². The molecule has 0 aliphatic carbocycles. The van der Waals surface area contributed by atoms with Gasteiger partial charge in [0, 0.05) is 30.2 Å². The summed E-state index contributed by atoms with van der Waals surface area (Å²) in [7, 11) is 0. The highest BCUT2D eigenvalue weighted by molar-refractivity contribution is 6.39. The van der Waals surface area contributed by atoms with E-state index < -0.39 is 11.8 Å². The number of anilines is 3. The predicted octanol–water partition coefficient (Wildman–Crippen LogP) is 2.23. The Morgan fingerprint density at radius 2 is 1.42 bits per heavy atom. The third kappa shape index (κ3) is 4.11. The second-order valence-electron chi connectivity index (χ2n) is 5.43. The monoisotopic (exact) mass is 325 g/mol. The lowest BCUT2D eigenvalue weighted by molar-refractivity contribution is -0.145. The van der Waals surface area contributed by atoms with Crippen molar-refractivity contribution < 1.29 is 14.3 Å². The molecule has 6 nitrogen and oxygen atoms in total. The fourth-order valence-electron chi connectivity index (χ4n) is 2.42. The number of nitrogens with zero attached hydrogens (tertiary/aromatic N) is 1. The standard InChI is InChI=1S/C18H19N3O3/c22-17(18(23)21-10-12-24-13-11-21)20-16-8-6-15(7-9-16)19-14-4-2-1-3-5-14/h1-9,19H,10-13H2,(H,20,22). The summed E-state index contributed by atoms with van der Waals surface area (Å²) in [6.07, 6.45) is 0. The molecular weight excluding hydrogens is 306 g/mol. The molecule has 6 heteroatoms. The molecule has 1 fully saturated rings. The zero-order valence-electron chi connectivity index (χ0n) is 13.2. The zero-order valence-corrected chi connectivity index (χ0v) is 13.2. The van der Waals surface area contributed by atoms with Crippen LogP contribution in [0.1, 0.15) is 0 Å². The van der Waals surface area contributed by atoms with Crippen LogP contribution in [-0.4, -0.2) is 43.0 Å². The van der Waals surface area contributed by atoms with Crippen LogP contribution in [0.5, 0.6) is 0 Å². The summed E-state index contributed by atoms with van der Waals surface area (Å²) in [5.74, 6) is -1.15. The lowest BCUT2D eigenvalue weighted by atomic mass is 10.2. The molecule has 0 aromatic heterocycles. The first-order valence-electron chi connectivity index (χ1n) is 7.82. The molecule has 24 heavy (non-hydrogen) atoms. The van der Waals surface area contributed by atoms with Crippen molar-refractivity contribution in [2.24, 2.45) is 0 Å². The summed E-state index contributed by atoms with van der Waals surface area (Å²) >= 11 is 0. The Labute approximate surface area is 140 Å². The Balaban J connectivity index is 1.57. The summed E-state index contributed by atoms with van der Waals surface area (Å²) in [6, 6.07) is 17.0. The molecule has 0 radical (unpaired) electrons. The highest BCUT2D eigenvalue weighted by Crippen LogP contribution is 2.18. The number of rotatable bonds is 3. The first-order chi connectivity index (χ1) is 11.7. The Morgan fingerprint density at radius 1 is 0.833 bits per heavy atom. The van der Waals surface area contributed by atoms with Gasteiger partial charge in [-0.05, 0) is 36.4 Å². The normalized spacial score (nSPS) is 14.1. The minimum atomic E-state index is -0.624. The second kappa shape index (κ2) is 7.61. The van der Waals surface area contributed by atoms with Crippen molar-refractivity contribution in [3.8, 4) is 0 Å². The molecule has 0 unspecified atom stereocenters. The van der Waals surface area contributed by atoms with Gasteiger partial charge in [0.15, 0.2) is 0 Å². The van der Waals surface area contributed by atoms with Crippen LogP contribution in [0.4, 0.5) is 17.1 Å². The Morgan fingerprint density at radius 3 is 2.08 bits per heavy atom. The van der Waals surface area contributed by atoms with E-state index in [0.717, 1.165) is 11.4 Å². The highest BCUT2D eigenvalue weighted by atomic mass is 16.5. The van der Waals surface area contributed by atoms with Crippen LogP contribution in [0.25, 0.3) is 0 Å². The first-order valence-corrected chi connectivity index (χ1v) is 7.82. The van der Waals surface area contributed by atoms with Gasteiger partial charge in [0.2, 0.25) is 0 Å². The number of carbonyl (C=O) groups excluding carboxylic acids is 2. The van der Waals surface area contributed by atoms with Crippen molar-refractivity contribution in [2.75, 3.05) is 36.9 Å². The van der Waals surface area contributed by atoms with E-state index in [4.69, 9.17) is 4.74 Å². The number of carbonyl (C=O) groups is 2. The zero-order chi connectivity index (χ0) is 16.8. The summed E-state index contributed by atoms with van der Waals surface area (Å²) in [6.45, 7) is 1.84. The molecule has 2 aromatic rings. The Bertz CT molecular complexity index is 695. The van der Waals surface area contributed by atoms with Gasteiger partial charge in [0.1, 0.15) is 0 Å². The van der Waals surface area contributed by atoms with E-state index in [1.807, 2.05) is 42.5 Å². The van der Waals surface area contributed by atoms with E-state index in [1.54, 1.807) is 12.1 Å². The van der Waals surface area contributed by atoms with Crippen molar-refractivity contribution in [3.05, 3.63) is 54.6 Å². The maximum absolute atomic E-state index is 12.1. The minimum absolute atomic E-state index is 0.451. The summed E-state index contributed by atoms with van der Waals surface area (Å²) < 4.78 is 5.18. The summed E-state index contributed by atoms with van der Waals surface area (Å²) in [5.41, 5.74) is 2.47. The largest absolute Gasteiger partial charge is 0.378 e. The number of benzene rings is 2. The molecule has 0 bridgehead atoms.